The van der Waals surface area contributed by atoms with Gasteiger partial charge in [0.05, 0.1) is 6.61 Å². The Hall–Kier alpha value is -2.98. The molecule has 0 aliphatic carbocycles. The third-order valence-corrected chi connectivity index (χ3v) is 4.59. The molecule has 0 saturated carbocycles. The Morgan fingerprint density at radius 2 is 1.72 bits per heavy atom. The fourth-order valence-electron chi connectivity index (χ4n) is 2.86. The minimum Gasteiger partial charge on any atom is -0.494 e. The van der Waals surface area contributed by atoms with Crippen LogP contribution in [-0.4, -0.2) is 19.1 Å². The van der Waals surface area contributed by atoms with E-state index in [-0.39, 0.29) is 12.5 Å². The van der Waals surface area contributed by atoms with Crippen LogP contribution in [0, 0.1) is 6.92 Å². The van der Waals surface area contributed by atoms with E-state index >= 15 is 0 Å². The fourth-order valence-corrected chi connectivity index (χ4v) is 3.09. The van der Waals surface area contributed by atoms with Crippen LogP contribution in [0.3, 0.4) is 0 Å². The lowest BCUT2D eigenvalue weighted by molar-refractivity contribution is -0.118. The Balaban J connectivity index is 1.39. The lowest BCUT2D eigenvalue weighted by atomic mass is 10.1. The molecule has 29 heavy (non-hydrogen) atoms. The maximum Gasteiger partial charge on any atom is 0.262 e. The highest BCUT2D eigenvalue weighted by molar-refractivity contribution is 6.30. The highest BCUT2D eigenvalue weighted by Crippen LogP contribution is 2.22. The smallest absolute Gasteiger partial charge is 0.262 e. The van der Waals surface area contributed by atoms with Crippen molar-refractivity contribution in [3.8, 4) is 11.5 Å². The van der Waals surface area contributed by atoms with Crippen LogP contribution >= 0.6 is 11.6 Å². The van der Waals surface area contributed by atoms with Crippen LogP contribution in [0.2, 0.25) is 5.02 Å². The van der Waals surface area contributed by atoms with Gasteiger partial charge in [-0.25, -0.2) is 0 Å². The average molecular weight is 410 g/mol. The SMILES string of the molecule is Cc1cc(Cl)ccc1OCC(=O)Nc1ccc(OCCCc2ccccc2)cc1. The number of amides is 1. The van der Waals surface area contributed by atoms with Crippen molar-refractivity contribution >= 4 is 23.2 Å². The number of rotatable bonds is 9. The lowest BCUT2D eigenvalue weighted by Crippen LogP contribution is -2.20. The van der Waals surface area contributed by atoms with Crippen LogP contribution in [0.1, 0.15) is 17.5 Å². The molecular formula is C24H24ClNO3. The first-order valence-electron chi connectivity index (χ1n) is 9.56. The molecule has 0 aliphatic rings. The van der Waals surface area contributed by atoms with Crippen molar-refractivity contribution in [1.82, 2.24) is 0 Å². The van der Waals surface area contributed by atoms with Gasteiger partial charge in [-0.1, -0.05) is 41.9 Å². The van der Waals surface area contributed by atoms with Gasteiger partial charge in [0.15, 0.2) is 6.61 Å². The van der Waals surface area contributed by atoms with E-state index in [2.05, 4.69) is 17.4 Å². The van der Waals surface area contributed by atoms with E-state index in [1.165, 1.54) is 5.56 Å². The highest BCUT2D eigenvalue weighted by Gasteiger charge is 2.06. The molecule has 0 saturated heterocycles. The Kier molecular flexibility index (Phi) is 7.54. The number of aryl methyl sites for hydroxylation is 2. The van der Waals surface area contributed by atoms with Gasteiger partial charge >= 0.3 is 0 Å². The largest absolute Gasteiger partial charge is 0.494 e. The van der Waals surface area contributed by atoms with Crippen molar-refractivity contribution in [2.45, 2.75) is 19.8 Å². The van der Waals surface area contributed by atoms with Crippen molar-refractivity contribution in [3.05, 3.63) is 88.9 Å². The number of hydrogen-bond donors (Lipinski definition) is 1. The zero-order chi connectivity index (χ0) is 20.5. The molecule has 0 atom stereocenters. The molecule has 3 aromatic rings. The lowest BCUT2D eigenvalue weighted by Gasteiger charge is -2.11. The van der Waals surface area contributed by atoms with Crippen LogP contribution in [0.4, 0.5) is 5.69 Å². The molecule has 0 spiro atoms. The molecule has 1 amide bonds. The topological polar surface area (TPSA) is 47.6 Å². The van der Waals surface area contributed by atoms with E-state index in [1.54, 1.807) is 18.2 Å². The van der Waals surface area contributed by atoms with Crippen molar-refractivity contribution in [2.24, 2.45) is 0 Å². The summed E-state index contributed by atoms with van der Waals surface area (Å²) in [6.45, 7) is 2.47. The second kappa shape index (κ2) is 10.5. The van der Waals surface area contributed by atoms with Gasteiger partial charge in [0.2, 0.25) is 0 Å². The maximum atomic E-state index is 12.1. The summed E-state index contributed by atoms with van der Waals surface area (Å²) in [5.74, 6) is 1.20. The van der Waals surface area contributed by atoms with E-state index in [0.29, 0.717) is 23.1 Å². The van der Waals surface area contributed by atoms with Crippen LogP contribution in [0.25, 0.3) is 0 Å². The number of carbonyl (C=O) groups is 1. The van der Waals surface area contributed by atoms with E-state index in [4.69, 9.17) is 21.1 Å². The normalized spacial score (nSPS) is 10.4. The van der Waals surface area contributed by atoms with E-state index < -0.39 is 0 Å². The molecule has 4 nitrogen and oxygen atoms in total. The Bertz CT molecular complexity index is 927. The summed E-state index contributed by atoms with van der Waals surface area (Å²) >= 11 is 5.92. The first kappa shape index (κ1) is 20.7. The molecule has 0 aliphatic heterocycles. The standard InChI is InChI=1S/C24H24ClNO3/c1-18-16-20(25)9-14-23(18)29-17-24(27)26-21-10-12-22(13-11-21)28-15-5-8-19-6-3-2-4-7-19/h2-4,6-7,9-14,16H,5,8,15,17H2,1H3,(H,26,27). The molecule has 5 heteroatoms. The van der Waals surface area contributed by atoms with Crippen LogP contribution in [-0.2, 0) is 11.2 Å². The van der Waals surface area contributed by atoms with E-state index in [0.717, 1.165) is 24.2 Å². The molecule has 3 rings (SSSR count). The molecule has 3 aromatic carbocycles. The van der Waals surface area contributed by atoms with Gasteiger partial charge in [0.25, 0.3) is 5.91 Å². The Morgan fingerprint density at radius 3 is 2.45 bits per heavy atom. The van der Waals surface area contributed by atoms with Gasteiger partial charge in [0.1, 0.15) is 11.5 Å². The van der Waals surface area contributed by atoms with Crippen molar-refractivity contribution in [2.75, 3.05) is 18.5 Å². The zero-order valence-corrected chi connectivity index (χ0v) is 17.1. The number of benzene rings is 3. The van der Waals surface area contributed by atoms with Crippen LogP contribution < -0.4 is 14.8 Å². The second-order valence-electron chi connectivity index (χ2n) is 6.71. The molecule has 0 radical (unpaired) electrons. The molecular weight excluding hydrogens is 386 g/mol. The Labute approximate surface area is 176 Å². The van der Waals surface area contributed by atoms with Crippen molar-refractivity contribution in [3.63, 3.8) is 0 Å². The summed E-state index contributed by atoms with van der Waals surface area (Å²) in [6, 6.07) is 23.0. The predicted molar refractivity (Wildman–Crippen MR) is 117 cm³/mol. The van der Waals surface area contributed by atoms with Crippen molar-refractivity contribution < 1.29 is 14.3 Å². The third-order valence-electron chi connectivity index (χ3n) is 4.36. The van der Waals surface area contributed by atoms with Crippen molar-refractivity contribution in [1.29, 1.82) is 0 Å². The van der Waals surface area contributed by atoms with Crippen LogP contribution in [0.5, 0.6) is 11.5 Å². The summed E-state index contributed by atoms with van der Waals surface area (Å²) in [5, 5.41) is 3.45. The molecule has 0 bridgehead atoms. The summed E-state index contributed by atoms with van der Waals surface area (Å²) < 4.78 is 11.3. The molecule has 0 unspecified atom stereocenters. The molecule has 0 fully saturated rings. The first-order chi connectivity index (χ1) is 14.1. The van der Waals surface area contributed by atoms with E-state index in [1.807, 2.05) is 49.4 Å². The van der Waals surface area contributed by atoms with Crippen LogP contribution in [0.15, 0.2) is 72.8 Å². The second-order valence-corrected chi connectivity index (χ2v) is 7.15. The number of anilines is 1. The average Bonchev–Trinajstić information content (AvgIpc) is 2.72. The predicted octanol–water partition coefficient (Wildman–Crippen LogP) is 5.68. The summed E-state index contributed by atoms with van der Waals surface area (Å²) in [6.07, 6.45) is 1.94. The number of ether oxygens (including phenoxy) is 2. The monoisotopic (exact) mass is 409 g/mol. The number of nitrogens with one attached hydrogen (secondary N) is 1. The molecule has 0 aromatic heterocycles. The van der Waals surface area contributed by atoms with Gasteiger partial charge in [-0.05, 0) is 73.4 Å². The third kappa shape index (κ3) is 6.84. The highest BCUT2D eigenvalue weighted by atomic mass is 35.5. The quantitative estimate of drug-likeness (QED) is 0.462. The number of halogens is 1. The fraction of sp³-hybridized carbons (Fsp3) is 0.208. The van der Waals surface area contributed by atoms with E-state index in [9.17, 15) is 4.79 Å². The minimum atomic E-state index is -0.226. The summed E-state index contributed by atoms with van der Waals surface area (Å²) in [4.78, 5) is 12.1. The zero-order valence-electron chi connectivity index (χ0n) is 16.4. The molecule has 150 valence electrons. The first-order valence-corrected chi connectivity index (χ1v) is 9.93. The van der Waals surface area contributed by atoms with Gasteiger partial charge in [-0.3, -0.25) is 4.79 Å². The summed E-state index contributed by atoms with van der Waals surface area (Å²) in [7, 11) is 0. The summed E-state index contributed by atoms with van der Waals surface area (Å²) in [5.41, 5.74) is 2.90. The number of carbonyl (C=O) groups excluding carboxylic acids is 1. The maximum absolute atomic E-state index is 12.1. The Morgan fingerprint density at radius 1 is 0.966 bits per heavy atom. The van der Waals surface area contributed by atoms with Gasteiger partial charge in [-0.15, -0.1) is 0 Å². The van der Waals surface area contributed by atoms with Gasteiger partial charge in [0, 0.05) is 10.7 Å². The molecule has 0 heterocycles. The number of hydrogen-bond acceptors (Lipinski definition) is 3. The minimum absolute atomic E-state index is 0.0692. The molecule has 1 N–H and O–H groups in total. The van der Waals surface area contributed by atoms with Gasteiger partial charge < -0.3 is 14.8 Å². The van der Waals surface area contributed by atoms with Gasteiger partial charge in [-0.2, -0.15) is 0 Å².